The van der Waals surface area contributed by atoms with Crippen molar-refractivity contribution in [3.8, 4) is 5.75 Å². The van der Waals surface area contributed by atoms with E-state index in [1.807, 2.05) is 6.92 Å². The summed E-state index contributed by atoms with van der Waals surface area (Å²) in [4.78, 5) is 47.1. The van der Waals surface area contributed by atoms with E-state index in [2.05, 4.69) is 20.1 Å². The van der Waals surface area contributed by atoms with Crippen molar-refractivity contribution in [2.45, 2.75) is 26.3 Å². The lowest BCUT2D eigenvalue weighted by molar-refractivity contribution is -0.129. The van der Waals surface area contributed by atoms with Crippen molar-refractivity contribution < 1.29 is 33.4 Å². The van der Waals surface area contributed by atoms with Crippen LogP contribution < -0.4 is 15.4 Å². The Morgan fingerprint density at radius 2 is 1.56 bits per heavy atom. The number of esters is 2. The van der Waals surface area contributed by atoms with Gasteiger partial charge in [0.1, 0.15) is 11.8 Å². The fourth-order valence-corrected chi connectivity index (χ4v) is 2.05. The van der Waals surface area contributed by atoms with Crippen LogP contribution in [-0.4, -0.2) is 57.2 Å². The van der Waals surface area contributed by atoms with Gasteiger partial charge in [-0.25, -0.2) is 9.59 Å². The highest BCUT2D eigenvalue weighted by Crippen LogP contribution is 2.19. The summed E-state index contributed by atoms with van der Waals surface area (Å²) in [6.45, 7) is 3.58. The van der Waals surface area contributed by atoms with E-state index in [4.69, 9.17) is 4.74 Å². The molecule has 0 saturated carbocycles. The number of benzene rings is 1. The van der Waals surface area contributed by atoms with E-state index >= 15 is 0 Å². The van der Waals surface area contributed by atoms with Crippen LogP contribution in [0, 0.1) is 0 Å². The summed E-state index contributed by atoms with van der Waals surface area (Å²) in [7, 11) is 2.40. The number of methoxy groups -OCH3 is 2. The smallest absolute Gasteiger partial charge is 0.338 e. The fourth-order valence-electron chi connectivity index (χ4n) is 2.05. The van der Waals surface area contributed by atoms with Gasteiger partial charge in [-0.1, -0.05) is 6.92 Å². The molecule has 0 heterocycles. The van der Waals surface area contributed by atoms with Gasteiger partial charge in [0.05, 0.1) is 25.3 Å². The van der Waals surface area contributed by atoms with E-state index in [0.717, 1.165) is 6.42 Å². The Kier molecular flexibility index (Phi) is 8.77. The summed E-state index contributed by atoms with van der Waals surface area (Å²) in [6.07, 6.45) is 0.786. The number of ether oxygens (including phenoxy) is 3. The largest absolute Gasteiger partial charge is 0.484 e. The maximum Gasteiger partial charge on any atom is 0.338 e. The zero-order valence-electron chi connectivity index (χ0n) is 15.8. The molecule has 27 heavy (non-hydrogen) atoms. The average molecular weight is 380 g/mol. The third-order valence-electron chi connectivity index (χ3n) is 3.44. The highest BCUT2D eigenvalue weighted by atomic mass is 16.5. The van der Waals surface area contributed by atoms with Gasteiger partial charge in [-0.05, 0) is 31.5 Å². The van der Waals surface area contributed by atoms with Crippen LogP contribution in [-0.2, 0) is 19.1 Å². The first-order chi connectivity index (χ1) is 12.8. The van der Waals surface area contributed by atoms with Crippen molar-refractivity contribution in [1.82, 2.24) is 10.6 Å². The van der Waals surface area contributed by atoms with Crippen molar-refractivity contribution in [2.24, 2.45) is 0 Å². The second-order valence-corrected chi connectivity index (χ2v) is 5.60. The molecule has 148 valence electrons. The van der Waals surface area contributed by atoms with E-state index in [1.165, 1.54) is 32.4 Å². The molecule has 1 rings (SSSR count). The van der Waals surface area contributed by atoms with E-state index in [9.17, 15) is 19.2 Å². The minimum absolute atomic E-state index is 0.0723. The van der Waals surface area contributed by atoms with Gasteiger partial charge in [0, 0.05) is 6.54 Å². The van der Waals surface area contributed by atoms with E-state index < -0.39 is 30.5 Å². The van der Waals surface area contributed by atoms with Crippen LogP contribution in [0.3, 0.4) is 0 Å². The summed E-state index contributed by atoms with van der Waals surface area (Å²) in [5, 5.41) is 5.16. The highest BCUT2D eigenvalue weighted by Gasteiger charge is 2.17. The van der Waals surface area contributed by atoms with Crippen molar-refractivity contribution in [1.29, 1.82) is 0 Å². The van der Waals surface area contributed by atoms with Crippen molar-refractivity contribution >= 4 is 23.8 Å². The number of hydrogen-bond acceptors (Lipinski definition) is 7. The van der Waals surface area contributed by atoms with Crippen molar-refractivity contribution in [2.75, 3.05) is 27.4 Å². The van der Waals surface area contributed by atoms with Crippen molar-refractivity contribution in [3.63, 3.8) is 0 Å². The van der Waals surface area contributed by atoms with Crippen LogP contribution in [0.25, 0.3) is 0 Å². The van der Waals surface area contributed by atoms with Gasteiger partial charge in [0.2, 0.25) is 5.91 Å². The van der Waals surface area contributed by atoms with E-state index in [0.29, 0.717) is 6.54 Å². The molecule has 0 aromatic heterocycles. The second kappa shape index (κ2) is 10.8. The SMILES string of the molecule is CCCNC(=O)[C@@H](C)NC(=O)COc1cc(C(=O)OC)cc(C(=O)OC)c1. The molecule has 0 fully saturated rings. The highest BCUT2D eigenvalue weighted by molar-refractivity contribution is 5.96. The van der Waals surface area contributed by atoms with Crippen LogP contribution in [0.4, 0.5) is 0 Å². The fraction of sp³-hybridized carbons (Fsp3) is 0.444. The molecular formula is C18H24N2O7. The van der Waals surface area contributed by atoms with Crippen LogP contribution in [0.2, 0.25) is 0 Å². The number of carbonyl (C=O) groups is 4. The van der Waals surface area contributed by atoms with Crippen LogP contribution in [0.1, 0.15) is 41.0 Å². The number of nitrogens with one attached hydrogen (secondary N) is 2. The Bertz CT molecular complexity index is 669. The first-order valence-corrected chi connectivity index (χ1v) is 8.34. The zero-order chi connectivity index (χ0) is 20.4. The molecule has 9 nitrogen and oxygen atoms in total. The Hall–Kier alpha value is -3.10. The molecule has 0 unspecified atom stereocenters. The first-order valence-electron chi connectivity index (χ1n) is 8.34. The van der Waals surface area contributed by atoms with Gasteiger partial charge in [-0.2, -0.15) is 0 Å². The predicted octanol–water partition coefficient (Wildman–Crippen LogP) is 0.669. The first kappa shape index (κ1) is 21.9. The summed E-state index contributed by atoms with van der Waals surface area (Å²) in [5.74, 6) is -2.06. The summed E-state index contributed by atoms with van der Waals surface area (Å²) >= 11 is 0. The standard InChI is InChI=1S/C18H24N2O7/c1-5-6-19-16(22)11(2)20-15(21)10-27-14-8-12(17(23)25-3)7-13(9-14)18(24)26-4/h7-9,11H,5-6,10H2,1-4H3,(H,19,22)(H,20,21)/t11-/m1/s1. The topological polar surface area (TPSA) is 120 Å². The van der Waals surface area contributed by atoms with Crippen molar-refractivity contribution in [3.05, 3.63) is 29.3 Å². The number of hydrogen-bond donors (Lipinski definition) is 2. The third kappa shape index (κ3) is 6.96. The molecule has 0 aliphatic carbocycles. The zero-order valence-corrected chi connectivity index (χ0v) is 15.8. The average Bonchev–Trinajstić information content (AvgIpc) is 2.68. The van der Waals surface area contributed by atoms with Gasteiger partial charge >= 0.3 is 11.9 Å². The lowest BCUT2D eigenvalue weighted by Crippen LogP contribution is -2.46. The lowest BCUT2D eigenvalue weighted by atomic mass is 10.1. The molecule has 0 radical (unpaired) electrons. The minimum atomic E-state index is -0.723. The number of amides is 2. The monoisotopic (exact) mass is 380 g/mol. The van der Waals surface area contributed by atoms with Gasteiger partial charge in [-0.3, -0.25) is 9.59 Å². The second-order valence-electron chi connectivity index (χ2n) is 5.60. The lowest BCUT2D eigenvalue weighted by Gasteiger charge is -2.14. The minimum Gasteiger partial charge on any atom is -0.484 e. The Balaban J connectivity index is 2.77. The molecule has 0 bridgehead atoms. The molecule has 2 N–H and O–H groups in total. The molecule has 0 spiro atoms. The molecule has 2 amide bonds. The maximum absolute atomic E-state index is 12.0. The normalized spacial score (nSPS) is 11.1. The Morgan fingerprint density at radius 3 is 2.04 bits per heavy atom. The number of carbonyl (C=O) groups excluding carboxylic acids is 4. The third-order valence-corrected chi connectivity index (χ3v) is 3.44. The summed E-state index contributed by atoms with van der Waals surface area (Å²) in [5.41, 5.74) is 0.145. The molecule has 0 saturated heterocycles. The summed E-state index contributed by atoms with van der Waals surface area (Å²) in [6, 6.07) is 3.25. The van der Waals surface area contributed by atoms with Crippen LogP contribution >= 0.6 is 0 Å². The van der Waals surface area contributed by atoms with Gasteiger partial charge < -0.3 is 24.8 Å². The molecule has 1 aromatic carbocycles. The molecule has 1 aromatic rings. The van der Waals surface area contributed by atoms with Gasteiger partial charge in [0.15, 0.2) is 6.61 Å². The van der Waals surface area contributed by atoms with Gasteiger partial charge in [-0.15, -0.1) is 0 Å². The van der Waals surface area contributed by atoms with Gasteiger partial charge in [0.25, 0.3) is 5.91 Å². The van der Waals surface area contributed by atoms with Crippen LogP contribution in [0.5, 0.6) is 5.75 Å². The molecular weight excluding hydrogens is 356 g/mol. The molecule has 9 heteroatoms. The predicted molar refractivity (Wildman–Crippen MR) is 95.5 cm³/mol. The quantitative estimate of drug-likeness (QED) is 0.604. The maximum atomic E-state index is 12.0. The molecule has 1 atom stereocenters. The number of rotatable bonds is 9. The Morgan fingerprint density at radius 1 is 1.00 bits per heavy atom. The van der Waals surface area contributed by atoms with Crippen LogP contribution in [0.15, 0.2) is 18.2 Å². The van der Waals surface area contributed by atoms with E-state index in [-0.39, 0.29) is 22.8 Å². The molecule has 0 aliphatic heterocycles. The Labute approximate surface area is 157 Å². The summed E-state index contributed by atoms with van der Waals surface area (Å²) < 4.78 is 14.6. The van der Waals surface area contributed by atoms with E-state index in [1.54, 1.807) is 6.92 Å². The molecule has 0 aliphatic rings.